The number of para-hydroxylation sites is 1. The molecule has 2 aromatic rings. The largest absolute Gasteiger partial charge is 0.548 e. The number of nitrogens with zero attached hydrogens (tertiary/aromatic N) is 3. The molecule has 0 amide bonds. The van der Waals surface area contributed by atoms with Crippen LogP contribution in [-0.4, -0.2) is 39.6 Å². The van der Waals surface area contributed by atoms with Crippen molar-refractivity contribution in [2.45, 2.75) is 52.6 Å². The number of aromatic nitrogens is 2. The molecule has 1 unspecified atom stereocenters. The summed E-state index contributed by atoms with van der Waals surface area (Å²) in [6.07, 6.45) is 4.11. The second-order valence-corrected chi connectivity index (χ2v) is 5.89. The summed E-state index contributed by atoms with van der Waals surface area (Å²) < 4.78 is 2.07. The van der Waals surface area contributed by atoms with Crippen LogP contribution in [0, 0.1) is 0 Å². The highest BCUT2D eigenvalue weighted by Gasteiger charge is 2.20. The van der Waals surface area contributed by atoms with Crippen LogP contribution in [0.4, 0.5) is 0 Å². The second kappa shape index (κ2) is 8.11. The number of carbonyl (C=O) groups is 1. The lowest BCUT2D eigenvalue weighted by atomic mass is 10.0. The summed E-state index contributed by atoms with van der Waals surface area (Å²) in [4.78, 5) is 18.2. The maximum absolute atomic E-state index is 11.7. The molecule has 5 heteroatoms. The molecule has 2 rings (SSSR count). The Hall–Kier alpha value is -1.88. The van der Waals surface area contributed by atoms with Crippen LogP contribution in [0.15, 0.2) is 24.5 Å². The normalized spacial score (nSPS) is 12.9. The molecular weight excluding hydrogens is 290 g/mol. The molecule has 0 fully saturated rings. The first-order valence-electron chi connectivity index (χ1n) is 8.49. The van der Waals surface area contributed by atoms with Gasteiger partial charge in [0.25, 0.3) is 0 Å². The van der Waals surface area contributed by atoms with Crippen molar-refractivity contribution in [3.8, 4) is 0 Å². The molecule has 1 atom stereocenters. The molecule has 0 aliphatic carbocycles. The number of aliphatic carboxylic acids is 1. The molecule has 1 aromatic carbocycles. The molecule has 23 heavy (non-hydrogen) atoms. The third-order valence-corrected chi connectivity index (χ3v) is 4.22. The highest BCUT2D eigenvalue weighted by atomic mass is 16.4. The number of carboxylic acid groups (broad SMARTS) is 1. The number of benzene rings is 1. The lowest BCUT2D eigenvalue weighted by Gasteiger charge is -2.32. The van der Waals surface area contributed by atoms with Gasteiger partial charge in [0.2, 0.25) is 0 Å². The van der Waals surface area contributed by atoms with E-state index in [1.54, 1.807) is 0 Å². The van der Waals surface area contributed by atoms with Gasteiger partial charge in [-0.15, -0.1) is 0 Å². The van der Waals surface area contributed by atoms with Gasteiger partial charge in [0.15, 0.2) is 0 Å². The Morgan fingerprint density at radius 2 is 1.96 bits per heavy atom. The minimum absolute atomic E-state index is 0.431. The van der Waals surface area contributed by atoms with E-state index in [0.29, 0.717) is 6.42 Å². The van der Waals surface area contributed by atoms with Crippen LogP contribution < -0.4 is 5.11 Å². The van der Waals surface area contributed by atoms with Crippen molar-refractivity contribution in [1.29, 1.82) is 0 Å². The SMILES string of the molecule is CCCN(CCC)C(Cc1cccc2c1ncn2CC)C(=O)[O-]. The molecule has 0 saturated carbocycles. The van der Waals surface area contributed by atoms with Crippen LogP contribution in [0.3, 0.4) is 0 Å². The van der Waals surface area contributed by atoms with E-state index >= 15 is 0 Å². The van der Waals surface area contributed by atoms with Crippen LogP contribution in [0.5, 0.6) is 0 Å². The average molecular weight is 316 g/mol. The van der Waals surface area contributed by atoms with Crippen molar-refractivity contribution >= 4 is 17.0 Å². The van der Waals surface area contributed by atoms with Crippen molar-refractivity contribution < 1.29 is 9.90 Å². The lowest BCUT2D eigenvalue weighted by Crippen LogP contribution is -2.50. The van der Waals surface area contributed by atoms with Gasteiger partial charge in [-0.2, -0.15) is 0 Å². The first-order chi connectivity index (χ1) is 11.1. The van der Waals surface area contributed by atoms with Crippen LogP contribution in [0.25, 0.3) is 11.0 Å². The number of hydrogen-bond acceptors (Lipinski definition) is 4. The number of carboxylic acids is 1. The van der Waals surface area contributed by atoms with Gasteiger partial charge in [0.05, 0.1) is 29.4 Å². The fourth-order valence-corrected chi connectivity index (χ4v) is 3.13. The van der Waals surface area contributed by atoms with E-state index in [2.05, 4.69) is 30.3 Å². The predicted molar refractivity (Wildman–Crippen MR) is 90.1 cm³/mol. The van der Waals surface area contributed by atoms with E-state index in [-0.39, 0.29) is 0 Å². The number of hydrogen-bond donors (Lipinski definition) is 0. The van der Waals surface area contributed by atoms with E-state index in [1.165, 1.54) is 0 Å². The molecule has 0 aliphatic heterocycles. The minimum Gasteiger partial charge on any atom is -0.548 e. The number of fused-ring (bicyclic) bond motifs is 1. The van der Waals surface area contributed by atoms with Gasteiger partial charge in [-0.3, -0.25) is 4.90 Å². The van der Waals surface area contributed by atoms with Gasteiger partial charge in [-0.25, -0.2) is 4.98 Å². The Kier molecular flexibility index (Phi) is 6.16. The minimum atomic E-state index is -1.00. The Balaban J connectivity index is 2.33. The molecular formula is C18H26N3O2-. The second-order valence-electron chi connectivity index (χ2n) is 5.89. The summed E-state index contributed by atoms with van der Waals surface area (Å²) >= 11 is 0. The summed E-state index contributed by atoms with van der Waals surface area (Å²) in [5.74, 6) is -1.00. The highest BCUT2D eigenvalue weighted by Crippen LogP contribution is 2.20. The molecule has 0 spiro atoms. The molecule has 0 N–H and O–H groups in total. The molecule has 0 aliphatic rings. The van der Waals surface area contributed by atoms with E-state index in [1.807, 2.05) is 29.4 Å². The van der Waals surface area contributed by atoms with Crippen LogP contribution in [0.2, 0.25) is 0 Å². The topological polar surface area (TPSA) is 61.2 Å². The van der Waals surface area contributed by atoms with Crippen molar-refractivity contribution in [2.75, 3.05) is 13.1 Å². The predicted octanol–water partition coefficient (Wildman–Crippen LogP) is 1.84. The number of carbonyl (C=O) groups excluding carboxylic acids is 1. The van der Waals surface area contributed by atoms with E-state index in [0.717, 1.165) is 49.1 Å². The van der Waals surface area contributed by atoms with Crippen LogP contribution in [-0.2, 0) is 17.8 Å². The molecule has 5 nitrogen and oxygen atoms in total. The maximum atomic E-state index is 11.7. The molecule has 0 saturated heterocycles. The Labute approximate surface area is 137 Å². The third kappa shape index (κ3) is 3.91. The van der Waals surface area contributed by atoms with Gasteiger partial charge < -0.3 is 14.5 Å². The summed E-state index contributed by atoms with van der Waals surface area (Å²) in [7, 11) is 0. The third-order valence-electron chi connectivity index (χ3n) is 4.22. The highest BCUT2D eigenvalue weighted by molar-refractivity contribution is 5.80. The van der Waals surface area contributed by atoms with Gasteiger partial charge >= 0.3 is 0 Å². The average Bonchev–Trinajstić information content (AvgIpc) is 2.96. The van der Waals surface area contributed by atoms with Gasteiger partial charge in [0, 0.05) is 6.54 Å². The Morgan fingerprint density at radius 1 is 1.26 bits per heavy atom. The van der Waals surface area contributed by atoms with E-state index in [4.69, 9.17) is 0 Å². The maximum Gasteiger partial charge on any atom is 0.0958 e. The van der Waals surface area contributed by atoms with E-state index in [9.17, 15) is 9.90 Å². The summed E-state index contributed by atoms with van der Waals surface area (Å²) in [5, 5.41) is 11.7. The molecule has 1 aromatic heterocycles. The Bertz CT molecular complexity index is 645. The fourth-order valence-electron chi connectivity index (χ4n) is 3.13. The van der Waals surface area contributed by atoms with Gasteiger partial charge in [-0.1, -0.05) is 26.0 Å². The first-order valence-corrected chi connectivity index (χ1v) is 8.49. The zero-order valence-corrected chi connectivity index (χ0v) is 14.3. The summed E-state index contributed by atoms with van der Waals surface area (Å²) in [5.41, 5.74) is 2.93. The van der Waals surface area contributed by atoms with Gasteiger partial charge in [-0.05, 0) is 50.9 Å². The quantitative estimate of drug-likeness (QED) is 0.708. The number of rotatable bonds is 9. The summed E-state index contributed by atoms with van der Waals surface area (Å²) in [6.45, 7) is 8.60. The lowest BCUT2D eigenvalue weighted by molar-refractivity contribution is -0.311. The first kappa shape index (κ1) is 17.5. The van der Waals surface area contributed by atoms with Crippen molar-refractivity contribution in [3.05, 3.63) is 30.1 Å². The van der Waals surface area contributed by atoms with Gasteiger partial charge in [0.1, 0.15) is 0 Å². The standard InChI is InChI=1S/C18H27N3O2/c1-4-10-21(11-5-2)16(18(22)23)12-14-8-7-9-15-17(14)19-13-20(15)6-3/h7-9,13,16H,4-6,10-12H2,1-3H3,(H,22,23)/p-1. The monoisotopic (exact) mass is 316 g/mol. The molecule has 1 heterocycles. The van der Waals surface area contributed by atoms with Crippen LogP contribution in [0.1, 0.15) is 39.2 Å². The van der Waals surface area contributed by atoms with Crippen LogP contribution >= 0.6 is 0 Å². The zero-order chi connectivity index (χ0) is 16.8. The molecule has 0 radical (unpaired) electrons. The molecule has 0 bridgehead atoms. The Morgan fingerprint density at radius 3 is 2.52 bits per heavy atom. The smallest absolute Gasteiger partial charge is 0.0958 e. The molecule has 126 valence electrons. The fraction of sp³-hybridized carbons (Fsp3) is 0.556. The summed E-state index contributed by atoms with van der Waals surface area (Å²) in [6, 6.07) is 5.37. The number of aryl methyl sites for hydroxylation is 1. The van der Waals surface area contributed by atoms with Crippen molar-refractivity contribution in [1.82, 2.24) is 14.5 Å². The van der Waals surface area contributed by atoms with Crippen molar-refractivity contribution in [3.63, 3.8) is 0 Å². The van der Waals surface area contributed by atoms with E-state index < -0.39 is 12.0 Å². The number of imidazole rings is 1. The van der Waals surface area contributed by atoms with Crippen molar-refractivity contribution in [2.24, 2.45) is 0 Å². The zero-order valence-electron chi connectivity index (χ0n) is 14.3.